The highest BCUT2D eigenvalue weighted by atomic mass is 35.5. The van der Waals surface area contributed by atoms with Crippen molar-refractivity contribution in [3.63, 3.8) is 0 Å². The number of hydrogen-bond donors (Lipinski definition) is 1. The highest BCUT2D eigenvalue weighted by molar-refractivity contribution is 6.39. The van der Waals surface area contributed by atoms with Gasteiger partial charge in [-0.3, -0.25) is 0 Å². The summed E-state index contributed by atoms with van der Waals surface area (Å²) in [5, 5.41) is 4.97. The zero-order valence-electron chi connectivity index (χ0n) is 12.2. The molecule has 1 N–H and O–H groups in total. The molecule has 106 valence electrons. The van der Waals surface area contributed by atoms with Crippen molar-refractivity contribution >= 4 is 28.9 Å². The highest BCUT2D eigenvalue weighted by Gasteiger charge is 2.38. The molecule has 0 aliphatic heterocycles. The largest absolute Gasteiger partial charge is 0.380 e. The van der Waals surface area contributed by atoms with Crippen molar-refractivity contribution in [1.82, 2.24) is 0 Å². The highest BCUT2D eigenvalue weighted by Crippen LogP contribution is 2.47. The van der Waals surface area contributed by atoms with E-state index in [4.69, 9.17) is 23.2 Å². The first-order valence-corrected chi connectivity index (χ1v) is 7.65. The van der Waals surface area contributed by atoms with Gasteiger partial charge in [0.25, 0.3) is 0 Å². The first kappa shape index (κ1) is 15.0. The predicted octanol–water partition coefficient (Wildman–Crippen LogP) is 6.01. The first-order valence-electron chi connectivity index (χ1n) is 6.89. The molecule has 0 atom stereocenters. The van der Waals surface area contributed by atoms with Crippen molar-refractivity contribution in [2.75, 3.05) is 5.32 Å². The average Bonchev–Trinajstić information content (AvgIpc) is 2.19. The lowest BCUT2D eigenvalue weighted by molar-refractivity contribution is 0.105. The Bertz CT molecular complexity index is 430. The van der Waals surface area contributed by atoms with Crippen LogP contribution in [0.2, 0.25) is 10.0 Å². The second kappa shape index (κ2) is 5.18. The molecule has 0 bridgehead atoms. The molecule has 0 aromatic heterocycles. The molecule has 0 amide bonds. The molecule has 1 fully saturated rings. The number of hydrogen-bond acceptors (Lipinski definition) is 1. The van der Waals surface area contributed by atoms with E-state index in [-0.39, 0.29) is 0 Å². The summed E-state index contributed by atoms with van der Waals surface area (Å²) in [6, 6.07) is 6.07. The Morgan fingerprint density at radius 3 is 1.95 bits per heavy atom. The lowest BCUT2D eigenvalue weighted by Gasteiger charge is -2.45. The zero-order valence-corrected chi connectivity index (χ0v) is 13.7. The predicted molar refractivity (Wildman–Crippen MR) is 85.3 cm³/mol. The SMILES string of the molecule is CC1(C)CC(Nc2c(Cl)cccc2Cl)CC(C)(C)C1. The van der Waals surface area contributed by atoms with E-state index < -0.39 is 0 Å². The number of anilines is 1. The molecule has 0 unspecified atom stereocenters. The average molecular weight is 300 g/mol. The van der Waals surface area contributed by atoms with Crippen LogP contribution in [0.1, 0.15) is 47.0 Å². The van der Waals surface area contributed by atoms with Gasteiger partial charge in [0.2, 0.25) is 0 Å². The summed E-state index contributed by atoms with van der Waals surface area (Å²) >= 11 is 12.5. The van der Waals surface area contributed by atoms with E-state index in [1.165, 1.54) is 6.42 Å². The Morgan fingerprint density at radius 1 is 1.00 bits per heavy atom. The lowest BCUT2D eigenvalue weighted by atomic mass is 9.63. The summed E-state index contributed by atoms with van der Waals surface area (Å²) in [6.07, 6.45) is 3.56. The van der Waals surface area contributed by atoms with E-state index in [0.717, 1.165) is 18.5 Å². The number of halogens is 2. The molecule has 0 radical (unpaired) electrons. The van der Waals surface area contributed by atoms with Crippen molar-refractivity contribution in [3.05, 3.63) is 28.2 Å². The topological polar surface area (TPSA) is 12.0 Å². The van der Waals surface area contributed by atoms with Crippen molar-refractivity contribution in [2.24, 2.45) is 10.8 Å². The molecule has 3 heteroatoms. The van der Waals surface area contributed by atoms with Gasteiger partial charge in [0, 0.05) is 6.04 Å². The summed E-state index contributed by atoms with van der Waals surface area (Å²) in [5.41, 5.74) is 1.59. The van der Waals surface area contributed by atoms with E-state index in [9.17, 15) is 0 Å². The van der Waals surface area contributed by atoms with E-state index in [1.807, 2.05) is 18.2 Å². The monoisotopic (exact) mass is 299 g/mol. The Hall–Kier alpha value is -0.400. The quantitative estimate of drug-likeness (QED) is 0.705. The Labute approximate surface area is 126 Å². The Balaban J connectivity index is 2.19. The van der Waals surface area contributed by atoms with Crippen LogP contribution in [-0.2, 0) is 0 Å². The second-order valence-electron chi connectivity index (χ2n) is 7.35. The minimum atomic E-state index is 0.354. The van der Waals surface area contributed by atoms with Gasteiger partial charge in [-0.05, 0) is 42.2 Å². The Morgan fingerprint density at radius 2 is 1.47 bits per heavy atom. The van der Waals surface area contributed by atoms with Crippen LogP contribution >= 0.6 is 23.2 Å². The van der Waals surface area contributed by atoms with Crippen molar-refractivity contribution in [3.8, 4) is 0 Å². The van der Waals surface area contributed by atoms with Gasteiger partial charge >= 0.3 is 0 Å². The minimum Gasteiger partial charge on any atom is -0.380 e. The molecule has 19 heavy (non-hydrogen) atoms. The van der Waals surface area contributed by atoms with Crippen LogP contribution in [0.4, 0.5) is 5.69 Å². The number of rotatable bonds is 2. The van der Waals surface area contributed by atoms with Crippen LogP contribution in [0, 0.1) is 10.8 Å². The van der Waals surface area contributed by atoms with Gasteiger partial charge in [0.1, 0.15) is 0 Å². The first-order chi connectivity index (χ1) is 8.69. The fourth-order valence-corrected chi connectivity index (χ4v) is 4.29. The van der Waals surface area contributed by atoms with Crippen LogP contribution in [-0.4, -0.2) is 6.04 Å². The molecule has 1 saturated carbocycles. The molecule has 0 heterocycles. The summed E-state index contributed by atoms with van der Waals surface area (Å²) < 4.78 is 0. The number of benzene rings is 1. The summed E-state index contributed by atoms with van der Waals surface area (Å²) in [6.45, 7) is 9.38. The molecular formula is C16H23Cl2N. The molecule has 1 aliphatic rings. The smallest absolute Gasteiger partial charge is 0.0721 e. The molecule has 1 nitrogen and oxygen atoms in total. The third-order valence-electron chi connectivity index (χ3n) is 3.87. The van der Waals surface area contributed by atoms with Gasteiger partial charge in [0.05, 0.1) is 15.7 Å². The Kier molecular flexibility index (Phi) is 4.09. The molecule has 0 saturated heterocycles. The van der Waals surface area contributed by atoms with E-state index >= 15 is 0 Å². The van der Waals surface area contributed by atoms with Crippen LogP contribution < -0.4 is 5.32 Å². The van der Waals surface area contributed by atoms with Crippen LogP contribution in [0.25, 0.3) is 0 Å². The van der Waals surface area contributed by atoms with Crippen LogP contribution in [0.15, 0.2) is 18.2 Å². The molecule has 2 rings (SSSR count). The lowest BCUT2D eigenvalue weighted by Crippen LogP contribution is -2.40. The van der Waals surface area contributed by atoms with Gasteiger partial charge in [-0.15, -0.1) is 0 Å². The summed E-state index contributed by atoms with van der Waals surface area (Å²) in [4.78, 5) is 0. The van der Waals surface area contributed by atoms with Crippen LogP contribution in [0.5, 0.6) is 0 Å². The maximum absolute atomic E-state index is 6.24. The minimum absolute atomic E-state index is 0.354. The van der Waals surface area contributed by atoms with E-state index in [2.05, 4.69) is 33.0 Å². The molecule has 1 aromatic rings. The fourth-order valence-electron chi connectivity index (χ4n) is 3.79. The molecule has 1 aliphatic carbocycles. The van der Waals surface area contributed by atoms with Crippen molar-refractivity contribution in [2.45, 2.75) is 53.0 Å². The third-order valence-corrected chi connectivity index (χ3v) is 4.50. The standard InChI is InChI=1S/C16H23Cl2N/c1-15(2)8-11(9-16(3,4)10-15)19-14-12(17)6-5-7-13(14)18/h5-7,11,19H,8-10H2,1-4H3. The third kappa shape index (κ3) is 3.79. The summed E-state index contributed by atoms with van der Waals surface area (Å²) in [5.74, 6) is 0. The number of nitrogens with one attached hydrogen (secondary N) is 1. The number of para-hydroxylation sites is 1. The van der Waals surface area contributed by atoms with Gasteiger partial charge in [0.15, 0.2) is 0 Å². The maximum atomic E-state index is 6.24. The zero-order chi connectivity index (χ0) is 14.3. The maximum Gasteiger partial charge on any atom is 0.0721 e. The van der Waals surface area contributed by atoms with Crippen LogP contribution in [0.3, 0.4) is 0 Å². The normalized spacial score (nSPS) is 22.2. The second-order valence-corrected chi connectivity index (χ2v) is 8.17. The molecule has 0 spiro atoms. The molecule has 1 aromatic carbocycles. The fraction of sp³-hybridized carbons (Fsp3) is 0.625. The summed E-state index contributed by atoms with van der Waals surface area (Å²) in [7, 11) is 0. The van der Waals surface area contributed by atoms with Crippen molar-refractivity contribution in [1.29, 1.82) is 0 Å². The van der Waals surface area contributed by atoms with E-state index in [1.54, 1.807) is 0 Å². The molecular weight excluding hydrogens is 277 g/mol. The van der Waals surface area contributed by atoms with Gasteiger partial charge < -0.3 is 5.32 Å². The van der Waals surface area contributed by atoms with E-state index in [0.29, 0.717) is 26.9 Å². The van der Waals surface area contributed by atoms with Gasteiger partial charge in [-0.1, -0.05) is 57.0 Å². The van der Waals surface area contributed by atoms with Gasteiger partial charge in [-0.2, -0.15) is 0 Å². The van der Waals surface area contributed by atoms with Gasteiger partial charge in [-0.25, -0.2) is 0 Å². The van der Waals surface area contributed by atoms with Crippen molar-refractivity contribution < 1.29 is 0 Å².